The molecule has 1 amide bonds. The minimum absolute atomic E-state index is 0.0454. The zero-order valence-electron chi connectivity index (χ0n) is 14.6. The van der Waals surface area contributed by atoms with Crippen molar-refractivity contribution in [2.75, 3.05) is 18.1 Å². The van der Waals surface area contributed by atoms with Crippen LogP contribution in [0.4, 0.5) is 10.1 Å². The number of carbonyl (C=O) groups is 1. The van der Waals surface area contributed by atoms with Gasteiger partial charge < -0.3 is 14.2 Å². The molecule has 0 radical (unpaired) electrons. The first kappa shape index (κ1) is 17.2. The third-order valence-electron chi connectivity index (χ3n) is 4.38. The van der Waals surface area contributed by atoms with Crippen molar-refractivity contribution in [3.8, 4) is 17.1 Å². The molecule has 7 heteroatoms. The van der Waals surface area contributed by atoms with E-state index >= 15 is 0 Å². The molecule has 0 atom stereocenters. The van der Waals surface area contributed by atoms with E-state index in [-0.39, 0.29) is 11.7 Å². The number of aromatic nitrogens is 2. The zero-order valence-corrected chi connectivity index (χ0v) is 14.6. The predicted molar refractivity (Wildman–Crippen MR) is 96.9 cm³/mol. The van der Waals surface area contributed by atoms with Gasteiger partial charge in [-0.3, -0.25) is 4.79 Å². The van der Waals surface area contributed by atoms with Crippen molar-refractivity contribution >= 4 is 11.6 Å². The van der Waals surface area contributed by atoms with Gasteiger partial charge in [-0.1, -0.05) is 17.3 Å². The Labute approximate surface area is 155 Å². The van der Waals surface area contributed by atoms with E-state index in [0.717, 1.165) is 11.4 Å². The number of para-hydroxylation sites is 2. The number of amides is 1. The minimum atomic E-state index is -0.314. The third kappa shape index (κ3) is 3.81. The molecule has 0 saturated carbocycles. The average Bonchev–Trinajstić information content (AvgIpc) is 3.17. The van der Waals surface area contributed by atoms with Gasteiger partial charge in [-0.15, -0.1) is 0 Å². The van der Waals surface area contributed by atoms with E-state index in [0.29, 0.717) is 49.7 Å². The lowest BCUT2D eigenvalue weighted by Gasteiger charge is -2.29. The Balaban J connectivity index is 1.34. The maximum atomic E-state index is 13.0. The second-order valence-electron chi connectivity index (χ2n) is 6.23. The maximum Gasteiger partial charge on any atom is 0.227 e. The van der Waals surface area contributed by atoms with Crippen molar-refractivity contribution in [3.05, 3.63) is 60.2 Å². The Morgan fingerprint density at radius 2 is 1.96 bits per heavy atom. The van der Waals surface area contributed by atoms with Crippen molar-refractivity contribution in [1.82, 2.24) is 10.1 Å². The summed E-state index contributed by atoms with van der Waals surface area (Å²) in [6.07, 6.45) is 1.48. The first-order chi connectivity index (χ1) is 13.2. The largest absolute Gasteiger partial charge is 0.490 e. The van der Waals surface area contributed by atoms with Gasteiger partial charge in [-0.25, -0.2) is 4.39 Å². The summed E-state index contributed by atoms with van der Waals surface area (Å²) in [5.41, 5.74) is 1.50. The Hall–Kier alpha value is -3.22. The molecule has 0 saturated heterocycles. The summed E-state index contributed by atoms with van der Waals surface area (Å²) < 4.78 is 23.8. The van der Waals surface area contributed by atoms with Crippen molar-refractivity contribution in [3.63, 3.8) is 0 Å². The Morgan fingerprint density at radius 3 is 2.81 bits per heavy atom. The highest BCUT2D eigenvalue weighted by molar-refractivity contribution is 5.95. The number of ether oxygens (including phenoxy) is 1. The van der Waals surface area contributed by atoms with Crippen molar-refractivity contribution in [2.45, 2.75) is 19.3 Å². The number of halogens is 1. The van der Waals surface area contributed by atoms with E-state index in [4.69, 9.17) is 9.26 Å². The second kappa shape index (κ2) is 7.57. The van der Waals surface area contributed by atoms with Crippen LogP contribution in [0.1, 0.15) is 18.7 Å². The standard InChI is InChI=1S/C20H18FN3O3/c21-15-10-8-14(9-11-15)20-22-18(27-23-20)6-3-7-19(25)24-12-13-26-17-5-2-1-4-16(17)24/h1-2,4-5,8-11H,3,6-7,12-13H2. The van der Waals surface area contributed by atoms with Crippen LogP contribution in [0.2, 0.25) is 0 Å². The van der Waals surface area contributed by atoms with Gasteiger partial charge in [0, 0.05) is 18.4 Å². The molecule has 1 aliphatic rings. The number of fused-ring (bicyclic) bond motifs is 1. The summed E-state index contributed by atoms with van der Waals surface area (Å²) in [4.78, 5) is 18.6. The zero-order chi connectivity index (χ0) is 18.6. The van der Waals surface area contributed by atoms with E-state index in [1.54, 1.807) is 17.0 Å². The topological polar surface area (TPSA) is 68.5 Å². The first-order valence-corrected chi connectivity index (χ1v) is 8.81. The van der Waals surface area contributed by atoms with Crippen LogP contribution in [0.3, 0.4) is 0 Å². The fourth-order valence-corrected chi connectivity index (χ4v) is 3.03. The van der Waals surface area contributed by atoms with Crippen LogP contribution in [-0.2, 0) is 11.2 Å². The summed E-state index contributed by atoms with van der Waals surface area (Å²) in [6, 6.07) is 13.4. The van der Waals surface area contributed by atoms with Crippen LogP contribution in [0.5, 0.6) is 5.75 Å². The second-order valence-corrected chi connectivity index (χ2v) is 6.23. The number of carbonyl (C=O) groups excluding carboxylic acids is 1. The number of benzene rings is 2. The van der Waals surface area contributed by atoms with Gasteiger partial charge in [0.1, 0.15) is 18.2 Å². The molecular weight excluding hydrogens is 349 g/mol. The molecule has 0 aliphatic carbocycles. The first-order valence-electron chi connectivity index (χ1n) is 8.81. The SMILES string of the molecule is O=C(CCCc1nc(-c2ccc(F)cc2)no1)N1CCOc2ccccc21. The molecule has 0 fully saturated rings. The molecule has 2 heterocycles. The van der Waals surface area contributed by atoms with Gasteiger partial charge in [-0.05, 0) is 42.8 Å². The van der Waals surface area contributed by atoms with Crippen LogP contribution >= 0.6 is 0 Å². The number of anilines is 1. The van der Waals surface area contributed by atoms with E-state index in [2.05, 4.69) is 10.1 Å². The quantitative estimate of drug-likeness (QED) is 0.689. The van der Waals surface area contributed by atoms with Crippen LogP contribution in [0.15, 0.2) is 53.1 Å². The number of hydrogen-bond acceptors (Lipinski definition) is 5. The highest BCUT2D eigenvalue weighted by atomic mass is 19.1. The highest BCUT2D eigenvalue weighted by Gasteiger charge is 2.23. The lowest BCUT2D eigenvalue weighted by molar-refractivity contribution is -0.119. The van der Waals surface area contributed by atoms with Crippen LogP contribution in [-0.4, -0.2) is 29.2 Å². The van der Waals surface area contributed by atoms with Gasteiger partial charge in [-0.2, -0.15) is 4.98 Å². The van der Waals surface area contributed by atoms with Gasteiger partial charge >= 0.3 is 0 Å². The summed E-state index contributed by atoms with van der Waals surface area (Å²) in [5, 5.41) is 3.91. The van der Waals surface area contributed by atoms with Gasteiger partial charge in [0.25, 0.3) is 0 Å². The minimum Gasteiger partial charge on any atom is -0.490 e. The molecule has 6 nitrogen and oxygen atoms in total. The van der Waals surface area contributed by atoms with Crippen LogP contribution < -0.4 is 9.64 Å². The average molecular weight is 367 g/mol. The molecule has 27 heavy (non-hydrogen) atoms. The van der Waals surface area contributed by atoms with E-state index in [9.17, 15) is 9.18 Å². The number of rotatable bonds is 5. The number of hydrogen-bond donors (Lipinski definition) is 0. The maximum absolute atomic E-state index is 13.0. The molecule has 1 aromatic heterocycles. The molecular formula is C20H18FN3O3. The molecule has 4 rings (SSSR count). The predicted octanol–water partition coefficient (Wildman–Crippen LogP) is 3.62. The third-order valence-corrected chi connectivity index (χ3v) is 4.38. The van der Waals surface area contributed by atoms with Gasteiger partial charge in [0.15, 0.2) is 0 Å². The van der Waals surface area contributed by atoms with Crippen molar-refractivity contribution in [1.29, 1.82) is 0 Å². The van der Waals surface area contributed by atoms with Crippen LogP contribution in [0.25, 0.3) is 11.4 Å². The fraction of sp³-hybridized carbons (Fsp3) is 0.250. The highest BCUT2D eigenvalue weighted by Crippen LogP contribution is 2.31. The number of nitrogens with zero attached hydrogens (tertiary/aromatic N) is 3. The normalized spacial score (nSPS) is 13.1. The Bertz CT molecular complexity index is 940. The summed E-state index contributed by atoms with van der Waals surface area (Å²) >= 11 is 0. The molecule has 3 aromatic rings. The van der Waals surface area contributed by atoms with Crippen LogP contribution in [0, 0.1) is 5.82 Å². The van der Waals surface area contributed by atoms with Crippen molar-refractivity contribution < 1.29 is 18.4 Å². The molecule has 138 valence electrons. The summed E-state index contributed by atoms with van der Waals surface area (Å²) in [6.45, 7) is 1.04. The van der Waals surface area contributed by atoms with E-state index < -0.39 is 0 Å². The molecule has 1 aliphatic heterocycles. The van der Waals surface area contributed by atoms with E-state index in [1.807, 2.05) is 24.3 Å². The van der Waals surface area contributed by atoms with Gasteiger partial charge in [0.05, 0.1) is 12.2 Å². The summed E-state index contributed by atoms with van der Waals surface area (Å²) in [7, 11) is 0. The molecule has 2 aromatic carbocycles. The number of aryl methyl sites for hydroxylation is 1. The lowest BCUT2D eigenvalue weighted by atomic mass is 10.1. The molecule has 0 N–H and O–H groups in total. The molecule has 0 spiro atoms. The lowest BCUT2D eigenvalue weighted by Crippen LogP contribution is -2.37. The Morgan fingerprint density at radius 1 is 1.15 bits per heavy atom. The smallest absolute Gasteiger partial charge is 0.227 e. The monoisotopic (exact) mass is 367 g/mol. The van der Waals surface area contributed by atoms with Gasteiger partial charge in [0.2, 0.25) is 17.6 Å². The summed E-state index contributed by atoms with van der Waals surface area (Å²) in [5.74, 6) is 1.34. The van der Waals surface area contributed by atoms with E-state index in [1.165, 1.54) is 12.1 Å². The fourth-order valence-electron chi connectivity index (χ4n) is 3.03. The molecule has 0 bridgehead atoms. The molecule has 0 unspecified atom stereocenters. The Kier molecular flexibility index (Phi) is 4.82. The van der Waals surface area contributed by atoms with Crippen molar-refractivity contribution in [2.24, 2.45) is 0 Å².